The van der Waals surface area contributed by atoms with E-state index in [0.29, 0.717) is 10.8 Å². The molecule has 8 heteroatoms. The van der Waals surface area contributed by atoms with Gasteiger partial charge in [-0.2, -0.15) is 5.10 Å². The quantitative estimate of drug-likeness (QED) is 0.765. The minimum absolute atomic E-state index is 0.173. The van der Waals surface area contributed by atoms with Crippen LogP contribution in [-0.4, -0.2) is 37.7 Å². The minimum Gasteiger partial charge on any atom is -0.466 e. The molecule has 0 saturated heterocycles. The standard InChI is InChI=1S/C14H16Cl3N3O2/c1-14(6-15,7-16)12(21)13(20-9-18-8-19-20)22-11-4-2-10(17)3-5-11/h2-5,8-9,12-13,21H,6-7H2,1H3. The molecule has 0 saturated carbocycles. The maximum Gasteiger partial charge on any atom is 0.219 e. The van der Waals surface area contributed by atoms with Crippen molar-refractivity contribution in [1.29, 1.82) is 0 Å². The lowest BCUT2D eigenvalue weighted by molar-refractivity contribution is -0.0706. The Kier molecular flexibility index (Phi) is 5.92. The van der Waals surface area contributed by atoms with Crippen molar-refractivity contribution in [3.8, 4) is 5.75 Å². The molecule has 2 unspecified atom stereocenters. The van der Waals surface area contributed by atoms with Crippen LogP contribution in [0.1, 0.15) is 13.2 Å². The summed E-state index contributed by atoms with van der Waals surface area (Å²) in [4.78, 5) is 3.89. The first-order valence-corrected chi connectivity index (χ1v) is 8.01. The molecule has 2 atom stereocenters. The van der Waals surface area contributed by atoms with Gasteiger partial charge in [0.25, 0.3) is 0 Å². The monoisotopic (exact) mass is 363 g/mol. The Bertz CT molecular complexity index is 574. The highest BCUT2D eigenvalue weighted by Crippen LogP contribution is 2.33. The first-order chi connectivity index (χ1) is 10.5. The van der Waals surface area contributed by atoms with Gasteiger partial charge in [-0.1, -0.05) is 18.5 Å². The molecule has 0 bridgehead atoms. The number of hydrogen-bond acceptors (Lipinski definition) is 4. The lowest BCUT2D eigenvalue weighted by atomic mass is 9.87. The number of rotatable bonds is 7. The van der Waals surface area contributed by atoms with Gasteiger partial charge < -0.3 is 9.84 Å². The number of aliphatic hydroxyl groups is 1. The second kappa shape index (κ2) is 7.51. The van der Waals surface area contributed by atoms with Gasteiger partial charge in [-0.3, -0.25) is 0 Å². The van der Waals surface area contributed by atoms with Crippen molar-refractivity contribution in [2.24, 2.45) is 5.41 Å². The van der Waals surface area contributed by atoms with E-state index < -0.39 is 17.7 Å². The molecule has 1 heterocycles. The third-order valence-electron chi connectivity index (χ3n) is 3.36. The molecule has 0 amide bonds. The van der Waals surface area contributed by atoms with Gasteiger partial charge >= 0.3 is 0 Å². The van der Waals surface area contributed by atoms with E-state index in [9.17, 15) is 5.11 Å². The zero-order valence-corrected chi connectivity index (χ0v) is 14.1. The summed E-state index contributed by atoms with van der Waals surface area (Å²) in [6, 6.07) is 6.81. The highest BCUT2D eigenvalue weighted by atomic mass is 35.5. The minimum atomic E-state index is -0.986. The number of halogens is 3. The van der Waals surface area contributed by atoms with Crippen LogP contribution < -0.4 is 4.74 Å². The second-order valence-corrected chi connectivity index (χ2v) is 6.17. The van der Waals surface area contributed by atoms with Crippen LogP contribution in [-0.2, 0) is 0 Å². The van der Waals surface area contributed by atoms with Crippen molar-refractivity contribution in [3.63, 3.8) is 0 Å². The first kappa shape index (κ1) is 17.3. The summed E-state index contributed by atoms with van der Waals surface area (Å²) in [5.74, 6) is 0.884. The van der Waals surface area contributed by atoms with Crippen molar-refractivity contribution >= 4 is 34.8 Å². The van der Waals surface area contributed by atoms with Crippen LogP contribution in [0.5, 0.6) is 5.75 Å². The smallest absolute Gasteiger partial charge is 0.219 e. The van der Waals surface area contributed by atoms with Gasteiger partial charge in [0.05, 0.1) is 0 Å². The summed E-state index contributed by atoms with van der Waals surface area (Å²) in [7, 11) is 0. The molecule has 1 aromatic carbocycles. The van der Waals surface area contributed by atoms with E-state index in [1.807, 2.05) is 0 Å². The number of nitrogens with zero attached hydrogens (tertiary/aromatic N) is 3. The molecule has 120 valence electrons. The summed E-state index contributed by atoms with van der Waals surface area (Å²) < 4.78 is 7.29. The molecular weight excluding hydrogens is 349 g/mol. The fraction of sp³-hybridized carbons (Fsp3) is 0.429. The van der Waals surface area contributed by atoms with Crippen LogP contribution in [0, 0.1) is 5.41 Å². The molecular formula is C14H16Cl3N3O2. The summed E-state index contributed by atoms with van der Waals surface area (Å²) >= 11 is 17.8. The Balaban J connectivity index is 2.29. The number of benzene rings is 1. The Morgan fingerprint density at radius 1 is 1.27 bits per heavy atom. The molecule has 0 radical (unpaired) electrons. The maximum atomic E-state index is 10.7. The molecule has 5 nitrogen and oxygen atoms in total. The van der Waals surface area contributed by atoms with E-state index in [-0.39, 0.29) is 11.8 Å². The molecule has 0 aliphatic heterocycles. The van der Waals surface area contributed by atoms with Gasteiger partial charge in [-0.05, 0) is 24.3 Å². The molecule has 2 aromatic rings. The lowest BCUT2D eigenvalue weighted by Crippen LogP contribution is -2.44. The number of aromatic nitrogens is 3. The van der Waals surface area contributed by atoms with Crippen LogP contribution in [0.25, 0.3) is 0 Å². The summed E-state index contributed by atoms with van der Waals surface area (Å²) in [6.45, 7) is 1.78. The van der Waals surface area contributed by atoms with Crippen LogP contribution >= 0.6 is 34.8 Å². The Hall–Kier alpha value is -1.01. The predicted octanol–water partition coefficient (Wildman–Crippen LogP) is 3.35. The van der Waals surface area contributed by atoms with Crippen LogP contribution in [0.3, 0.4) is 0 Å². The SMILES string of the molecule is CC(CCl)(CCl)C(O)C(Oc1ccc(Cl)cc1)n1cncn1. The van der Waals surface area contributed by atoms with E-state index in [0.717, 1.165) is 0 Å². The van der Waals surface area contributed by atoms with Gasteiger partial charge in [0.15, 0.2) is 0 Å². The predicted molar refractivity (Wildman–Crippen MR) is 86.7 cm³/mol. The average molecular weight is 365 g/mol. The second-order valence-electron chi connectivity index (χ2n) is 5.20. The molecule has 0 aliphatic carbocycles. The fourth-order valence-corrected chi connectivity index (χ4v) is 2.53. The van der Waals surface area contributed by atoms with Crippen LogP contribution in [0.2, 0.25) is 5.02 Å². The Morgan fingerprint density at radius 3 is 2.41 bits per heavy atom. The number of alkyl halides is 2. The van der Waals surface area contributed by atoms with Gasteiger partial charge in [-0.15, -0.1) is 23.2 Å². The fourth-order valence-electron chi connectivity index (χ4n) is 1.80. The van der Waals surface area contributed by atoms with Gasteiger partial charge in [0.1, 0.15) is 24.5 Å². The van der Waals surface area contributed by atoms with Crippen LogP contribution in [0.4, 0.5) is 0 Å². The Labute approximate surface area is 143 Å². The highest BCUT2D eigenvalue weighted by Gasteiger charge is 2.40. The molecule has 1 aromatic heterocycles. The maximum absolute atomic E-state index is 10.7. The first-order valence-electron chi connectivity index (χ1n) is 6.56. The zero-order chi connectivity index (χ0) is 16.2. The van der Waals surface area contributed by atoms with Gasteiger partial charge in [0.2, 0.25) is 6.23 Å². The molecule has 2 rings (SSSR count). The highest BCUT2D eigenvalue weighted by molar-refractivity contribution is 6.30. The normalized spacial score (nSPS) is 14.6. The molecule has 0 fully saturated rings. The molecule has 0 aliphatic rings. The van der Waals surface area contributed by atoms with E-state index >= 15 is 0 Å². The average Bonchev–Trinajstić information content (AvgIpc) is 3.07. The largest absolute Gasteiger partial charge is 0.466 e. The van der Waals surface area contributed by atoms with Gasteiger partial charge in [-0.25, -0.2) is 9.67 Å². The number of ether oxygens (including phenoxy) is 1. The molecule has 22 heavy (non-hydrogen) atoms. The molecule has 1 N–H and O–H groups in total. The van der Waals surface area contributed by atoms with E-state index in [4.69, 9.17) is 39.5 Å². The van der Waals surface area contributed by atoms with Crippen molar-refractivity contribution in [2.75, 3.05) is 11.8 Å². The third kappa shape index (κ3) is 3.84. The molecule has 0 spiro atoms. The van der Waals surface area contributed by atoms with Crippen LogP contribution in [0.15, 0.2) is 36.9 Å². The van der Waals surface area contributed by atoms with E-state index in [1.54, 1.807) is 31.2 Å². The zero-order valence-electron chi connectivity index (χ0n) is 11.9. The van der Waals surface area contributed by atoms with Crippen molar-refractivity contribution in [1.82, 2.24) is 14.8 Å². The summed E-state index contributed by atoms with van der Waals surface area (Å²) in [5.41, 5.74) is -0.744. The topological polar surface area (TPSA) is 60.2 Å². The van der Waals surface area contributed by atoms with E-state index in [1.165, 1.54) is 17.3 Å². The lowest BCUT2D eigenvalue weighted by Gasteiger charge is -2.35. The van der Waals surface area contributed by atoms with Crippen molar-refractivity contribution in [2.45, 2.75) is 19.3 Å². The summed E-state index contributed by atoms with van der Waals surface area (Å²) in [6.07, 6.45) is 1.03. The number of hydrogen-bond donors (Lipinski definition) is 1. The summed E-state index contributed by atoms with van der Waals surface area (Å²) in [5, 5.41) is 15.3. The van der Waals surface area contributed by atoms with Gasteiger partial charge in [0, 0.05) is 22.2 Å². The van der Waals surface area contributed by atoms with Crippen molar-refractivity contribution in [3.05, 3.63) is 41.9 Å². The number of aliphatic hydroxyl groups excluding tert-OH is 1. The van der Waals surface area contributed by atoms with Crippen molar-refractivity contribution < 1.29 is 9.84 Å². The Morgan fingerprint density at radius 2 is 1.91 bits per heavy atom. The van der Waals surface area contributed by atoms with E-state index in [2.05, 4.69) is 10.1 Å². The third-order valence-corrected chi connectivity index (χ3v) is 4.84.